The van der Waals surface area contributed by atoms with Crippen LogP contribution in [0.1, 0.15) is 122 Å². The Morgan fingerprint density at radius 2 is 0.422 bits per heavy atom. The van der Waals surface area contributed by atoms with E-state index in [2.05, 4.69) is 19.6 Å². The average molecular weight is 990 g/mol. The van der Waals surface area contributed by atoms with Crippen molar-refractivity contribution < 1.29 is 53.1 Å². The second-order valence-corrected chi connectivity index (χ2v) is 26.7. The van der Waals surface area contributed by atoms with E-state index >= 15 is 0 Å². The van der Waals surface area contributed by atoms with Gasteiger partial charge in [0.25, 0.3) is 0 Å². The zero-order valence-electron chi connectivity index (χ0n) is 43.3. The third-order valence-electron chi connectivity index (χ3n) is 10.9. The lowest BCUT2D eigenvalue weighted by Gasteiger charge is -2.37. The molecule has 0 unspecified atom stereocenters. The van der Waals surface area contributed by atoms with Gasteiger partial charge >= 0.3 is 35.2 Å². The normalized spacial score (nSPS) is 16.7. The fourth-order valence-electron chi connectivity index (χ4n) is 8.70. The van der Waals surface area contributed by atoms with E-state index in [1.807, 2.05) is 83.1 Å². The summed E-state index contributed by atoms with van der Waals surface area (Å²) < 4.78 is 72.0. The molecule has 0 bridgehead atoms. The van der Waals surface area contributed by atoms with Gasteiger partial charge in [-0.25, -0.2) is 0 Å². The molecular weight excluding hydrogens is 889 g/mol. The van der Waals surface area contributed by atoms with Crippen LogP contribution in [-0.4, -0.2) is 200 Å². The van der Waals surface area contributed by atoms with Crippen LogP contribution in [0.15, 0.2) is 0 Å². The van der Waals surface area contributed by atoms with E-state index in [1.165, 1.54) is 12.8 Å². The molecule has 2 fully saturated rings. The van der Waals surface area contributed by atoms with Crippen LogP contribution in [-0.2, 0) is 53.1 Å². The highest BCUT2D eigenvalue weighted by molar-refractivity contribution is 6.61. The van der Waals surface area contributed by atoms with Crippen molar-refractivity contribution in [1.82, 2.24) is 19.6 Å². The van der Waals surface area contributed by atoms with Gasteiger partial charge in [0.15, 0.2) is 0 Å². The molecule has 0 aromatic heterocycles. The van der Waals surface area contributed by atoms with E-state index in [0.717, 1.165) is 116 Å². The van der Waals surface area contributed by atoms with Gasteiger partial charge < -0.3 is 53.1 Å². The standard InChI is InChI=1S/2C22H50N2O6Si2/c2*1-7-25-31(26-8-2,27-9-3)20-14-18-23-16-13-17-24(22-23)19-15-21-32(28-10-4,29-11-5)30-12-6/h2*7-22H2,1-6H3. The molecule has 0 spiro atoms. The summed E-state index contributed by atoms with van der Waals surface area (Å²) in [5, 5.41) is 0. The highest BCUT2D eigenvalue weighted by Crippen LogP contribution is 2.23. The monoisotopic (exact) mass is 989 g/mol. The summed E-state index contributed by atoms with van der Waals surface area (Å²) in [6.45, 7) is 42.7. The van der Waals surface area contributed by atoms with Gasteiger partial charge in [-0.3, -0.25) is 19.6 Å². The SMILES string of the molecule is CCO[Si](CCCN1CCCN(CCC[Si](OCC)(OCC)OCC)C1)(OCC)OCC.CCO[Si](CCCN1CCCN(CCC[Si](OCC)(OCC)OCC)C1)(OCC)OCC. The molecule has 2 saturated heterocycles. The molecule has 0 aromatic carbocycles. The highest BCUT2D eigenvalue weighted by Gasteiger charge is 2.43. The summed E-state index contributed by atoms with van der Waals surface area (Å²) in [5.41, 5.74) is 0. The van der Waals surface area contributed by atoms with Gasteiger partial charge in [0.05, 0.1) is 13.3 Å². The van der Waals surface area contributed by atoms with Crippen LogP contribution in [0.5, 0.6) is 0 Å². The Labute approximate surface area is 397 Å². The molecule has 2 aliphatic heterocycles. The van der Waals surface area contributed by atoms with Crippen molar-refractivity contribution in [2.75, 3.05) is 145 Å². The minimum Gasteiger partial charge on any atom is -0.374 e. The smallest absolute Gasteiger partial charge is 0.374 e. The highest BCUT2D eigenvalue weighted by atomic mass is 28.4. The second kappa shape index (κ2) is 38.0. The van der Waals surface area contributed by atoms with E-state index in [9.17, 15) is 0 Å². The maximum Gasteiger partial charge on any atom is 0.500 e. The third kappa shape index (κ3) is 25.2. The van der Waals surface area contributed by atoms with E-state index < -0.39 is 35.2 Å². The van der Waals surface area contributed by atoms with Gasteiger partial charge in [-0.2, -0.15) is 0 Å². The largest absolute Gasteiger partial charge is 0.500 e. The molecule has 0 aliphatic carbocycles. The lowest BCUT2D eigenvalue weighted by Crippen LogP contribution is -2.49. The molecule has 20 heteroatoms. The first-order chi connectivity index (χ1) is 31.0. The molecule has 64 heavy (non-hydrogen) atoms. The van der Waals surface area contributed by atoms with Crippen LogP contribution in [0.4, 0.5) is 0 Å². The van der Waals surface area contributed by atoms with Crippen molar-refractivity contribution in [3.63, 3.8) is 0 Å². The van der Waals surface area contributed by atoms with Crippen LogP contribution < -0.4 is 0 Å². The summed E-state index contributed by atoms with van der Waals surface area (Å²) in [5.74, 6) is 0. The molecule has 0 atom stereocenters. The molecular formula is C44H100N4O12Si4. The lowest BCUT2D eigenvalue weighted by atomic mass is 10.2. The van der Waals surface area contributed by atoms with Crippen molar-refractivity contribution >= 4 is 35.2 Å². The summed E-state index contributed by atoms with van der Waals surface area (Å²) in [4.78, 5) is 10.2. The Morgan fingerprint density at radius 1 is 0.266 bits per heavy atom. The van der Waals surface area contributed by atoms with Crippen LogP contribution in [0, 0.1) is 0 Å². The van der Waals surface area contributed by atoms with Gasteiger partial charge in [-0.1, -0.05) is 0 Å². The molecule has 2 aliphatic rings. The summed E-state index contributed by atoms with van der Waals surface area (Å²) in [6, 6.07) is 3.52. The minimum absolute atomic E-state index is 0.639. The fraction of sp³-hybridized carbons (Fsp3) is 1.00. The summed E-state index contributed by atoms with van der Waals surface area (Å²) in [6.07, 6.45) is 6.56. The van der Waals surface area contributed by atoms with E-state index in [0.29, 0.717) is 79.3 Å². The maximum atomic E-state index is 6.00. The Hall–Kier alpha value is 0.228. The maximum absolute atomic E-state index is 6.00. The molecule has 0 N–H and O–H groups in total. The predicted molar refractivity (Wildman–Crippen MR) is 265 cm³/mol. The van der Waals surface area contributed by atoms with E-state index in [1.54, 1.807) is 0 Å². The van der Waals surface area contributed by atoms with Crippen molar-refractivity contribution in [2.24, 2.45) is 0 Å². The van der Waals surface area contributed by atoms with Gasteiger partial charge in [-0.15, -0.1) is 0 Å². The van der Waals surface area contributed by atoms with E-state index in [4.69, 9.17) is 53.1 Å². The topological polar surface area (TPSA) is 124 Å². The summed E-state index contributed by atoms with van der Waals surface area (Å²) >= 11 is 0. The molecule has 0 aromatic rings. The molecule has 0 amide bonds. The zero-order valence-corrected chi connectivity index (χ0v) is 47.3. The van der Waals surface area contributed by atoms with Gasteiger partial charge in [0, 0.05) is 130 Å². The number of hydrogen-bond acceptors (Lipinski definition) is 16. The first kappa shape index (κ1) is 62.2. The van der Waals surface area contributed by atoms with Crippen molar-refractivity contribution in [2.45, 2.75) is 146 Å². The Morgan fingerprint density at radius 3 is 0.562 bits per heavy atom. The zero-order chi connectivity index (χ0) is 47.4. The van der Waals surface area contributed by atoms with Gasteiger partial charge in [0.1, 0.15) is 0 Å². The molecule has 2 heterocycles. The first-order valence-electron chi connectivity index (χ1n) is 25.6. The minimum atomic E-state index is -2.54. The molecule has 2 rings (SSSR count). The number of rotatable bonds is 40. The molecule has 384 valence electrons. The molecule has 0 radical (unpaired) electrons. The van der Waals surface area contributed by atoms with Crippen molar-refractivity contribution in [3.05, 3.63) is 0 Å². The van der Waals surface area contributed by atoms with Crippen molar-refractivity contribution in [1.29, 1.82) is 0 Å². The summed E-state index contributed by atoms with van der Waals surface area (Å²) in [7, 11) is -10.2. The first-order valence-corrected chi connectivity index (χ1v) is 33.3. The van der Waals surface area contributed by atoms with Crippen molar-refractivity contribution in [3.8, 4) is 0 Å². The van der Waals surface area contributed by atoms with Crippen LogP contribution >= 0.6 is 0 Å². The third-order valence-corrected chi connectivity index (χ3v) is 23.5. The number of hydrogen-bond donors (Lipinski definition) is 0. The van der Waals surface area contributed by atoms with Crippen LogP contribution in [0.25, 0.3) is 0 Å². The van der Waals surface area contributed by atoms with Crippen LogP contribution in [0.2, 0.25) is 24.2 Å². The fourth-order valence-corrected chi connectivity index (χ4v) is 19.1. The number of nitrogens with zero attached hydrogens (tertiary/aromatic N) is 4. The van der Waals surface area contributed by atoms with Gasteiger partial charge in [0.2, 0.25) is 0 Å². The lowest BCUT2D eigenvalue weighted by molar-refractivity contribution is 0.0597. The average Bonchev–Trinajstić information content (AvgIpc) is 3.25. The van der Waals surface area contributed by atoms with Crippen LogP contribution in [0.3, 0.4) is 0 Å². The molecule has 16 nitrogen and oxygen atoms in total. The quantitative estimate of drug-likeness (QED) is 0.0558. The Kier molecular flexibility index (Phi) is 37.0. The Balaban J connectivity index is 0.000000640. The van der Waals surface area contributed by atoms with Gasteiger partial charge in [-0.05, 0) is 148 Å². The van der Waals surface area contributed by atoms with E-state index in [-0.39, 0.29) is 0 Å². The molecule has 0 saturated carbocycles. The Bertz CT molecular complexity index is 864. The predicted octanol–water partition coefficient (Wildman–Crippen LogP) is 7.66. The second-order valence-electron chi connectivity index (χ2n) is 15.8.